The van der Waals surface area contributed by atoms with Crippen molar-refractivity contribution in [2.24, 2.45) is 5.92 Å². The maximum absolute atomic E-state index is 11.4. The van der Waals surface area contributed by atoms with Crippen molar-refractivity contribution in [2.45, 2.75) is 26.3 Å². The van der Waals surface area contributed by atoms with E-state index in [-0.39, 0.29) is 11.7 Å². The van der Waals surface area contributed by atoms with Crippen LogP contribution in [0.15, 0.2) is 0 Å². The number of nitrogens with zero attached hydrogens (tertiary/aromatic N) is 2. The Hall–Kier alpha value is -0.690. The molecular weight excluding hydrogens is 246 g/mol. The minimum Gasteiger partial charge on any atom is -0.304 e. The molecule has 1 atom stereocenters. The first-order chi connectivity index (χ1) is 7.52. The molecule has 0 saturated carbocycles. The number of H-pyrrole nitrogens is 1. The minimum atomic E-state index is -2.81. The van der Waals surface area contributed by atoms with E-state index in [2.05, 4.69) is 10.2 Å². The fourth-order valence-corrected chi connectivity index (χ4v) is 4.16. The zero-order valence-electron chi connectivity index (χ0n) is 9.14. The van der Waals surface area contributed by atoms with Crippen molar-refractivity contribution in [3.05, 3.63) is 10.6 Å². The molecule has 1 aliphatic heterocycles. The summed E-state index contributed by atoms with van der Waals surface area (Å²) in [4.78, 5) is 0. The number of hydrogen-bond acceptors (Lipinski definition) is 4. The Morgan fingerprint density at radius 1 is 1.62 bits per heavy atom. The fourth-order valence-electron chi connectivity index (χ4n) is 2.08. The Bertz CT molecular complexity index is 529. The summed E-state index contributed by atoms with van der Waals surface area (Å²) < 4.78 is 25.2. The fraction of sp³-hybridized carbons (Fsp3) is 0.778. The van der Waals surface area contributed by atoms with E-state index in [0.29, 0.717) is 17.1 Å². The molecule has 2 rings (SSSR count). The van der Waals surface area contributed by atoms with E-state index in [9.17, 15) is 8.42 Å². The van der Waals surface area contributed by atoms with E-state index in [4.69, 9.17) is 12.2 Å². The van der Waals surface area contributed by atoms with Crippen LogP contribution in [-0.4, -0.2) is 34.7 Å². The summed E-state index contributed by atoms with van der Waals surface area (Å²) in [5.74, 6) is 1.67. The van der Waals surface area contributed by atoms with Crippen molar-refractivity contribution in [3.8, 4) is 0 Å². The highest BCUT2D eigenvalue weighted by Gasteiger charge is 2.28. The van der Waals surface area contributed by atoms with Gasteiger partial charge in [0, 0.05) is 13.0 Å². The molecule has 1 N–H and O–H groups in total. The number of rotatable bonds is 3. The molecule has 0 bridgehead atoms. The van der Waals surface area contributed by atoms with Gasteiger partial charge in [0.15, 0.2) is 14.6 Å². The van der Waals surface area contributed by atoms with E-state index in [1.54, 1.807) is 0 Å². The molecule has 0 aromatic carbocycles. The zero-order chi connectivity index (χ0) is 11.8. The lowest BCUT2D eigenvalue weighted by Crippen LogP contribution is -2.14. The molecule has 2 heterocycles. The van der Waals surface area contributed by atoms with Gasteiger partial charge in [-0.15, -0.1) is 0 Å². The topological polar surface area (TPSA) is 67.8 Å². The Morgan fingerprint density at radius 3 is 2.94 bits per heavy atom. The van der Waals surface area contributed by atoms with Gasteiger partial charge < -0.3 is 4.57 Å². The number of aromatic nitrogens is 3. The molecule has 1 saturated heterocycles. The summed E-state index contributed by atoms with van der Waals surface area (Å²) in [5.41, 5.74) is 0. The SMILES string of the molecule is CCc1n[nH]c(=S)n1CC1CCS(=O)(=O)C1. The van der Waals surface area contributed by atoms with Gasteiger partial charge in [-0.2, -0.15) is 5.10 Å². The second-order valence-electron chi connectivity index (χ2n) is 4.18. The van der Waals surface area contributed by atoms with Crippen molar-refractivity contribution in [1.82, 2.24) is 14.8 Å². The predicted molar refractivity (Wildman–Crippen MR) is 63.6 cm³/mol. The Morgan fingerprint density at radius 2 is 2.38 bits per heavy atom. The van der Waals surface area contributed by atoms with Crippen LogP contribution in [0.25, 0.3) is 0 Å². The predicted octanol–water partition coefficient (Wildman–Crippen LogP) is 0.938. The number of nitrogens with one attached hydrogen (secondary N) is 1. The van der Waals surface area contributed by atoms with E-state index in [0.717, 1.165) is 18.7 Å². The van der Waals surface area contributed by atoms with Crippen LogP contribution in [0.1, 0.15) is 19.2 Å². The highest BCUT2D eigenvalue weighted by atomic mass is 32.2. The molecule has 1 aromatic rings. The molecule has 1 fully saturated rings. The van der Waals surface area contributed by atoms with Gasteiger partial charge >= 0.3 is 0 Å². The van der Waals surface area contributed by atoms with Gasteiger partial charge in [0.25, 0.3) is 0 Å². The van der Waals surface area contributed by atoms with Crippen LogP contribution in [0.3, 0.4) is 0 Å². The summed E-state index contributed by atoms with van der Waals surface area (Å²) in [6.45, 7) is 2.67. The number of aromatic amines is 1. The first-order valence-corrected chi connectivity index (χ1v) is 7.59. The van der Waals surface area contributed by atoms with Crippen LogP contribution in [0.4, 0.5) is 0 Å². The van der Waals surface area contributed by atoms with Crippen molar-refractivity contribution in [3.63, 3.8) is 0 Å². The standard InChI is InChI=1S/C9H15N3O2S2/c1-2-8-10-11-9(15)12(8)5-7-3-4-16(13,14)6-7/h7H,2-6H2,1H3,(H,11,15). The minimum absolute atomic E-state index is 0.180. The molecule has 90 valence electrons. The first-order valence-electron chi connectivity index (χ1n) is 5.36. The lowest BCUT2D eigenvalue weighted by Gasteiger charge is -2.10. The quantitative estimate of drug-likeness (QED) is 0.822. The molecule has 0 spiro atoms. The normalized spacial score (nSPS) is 23.7. The van der Waals surface area contributed by atoms with Gasteiger partial charge in [0.1, 0.15) is 5.82 Å². The van der Waals surface area contributed by atoms with Crippen LogP contribution in [0, 0.1) is 10.7 Å². The number of sulfone groups is 1. The molecular formula is C9H15N3O2S2. The number of aryl methyl sites for hydroxylation is 1. The van der Waals surface area contributed by atoms with Gasteiger partial charge in [-0.25, -0.2) is 8.42 Å². The summed E-state index contributed by atoms with van der Waals surface area (Å²) in [6.07, 6.45) is 1.53. The van der Waals surface area contributed by atoms with Crippen LogP contribution < -0.4 is 0 Å². The molecule has 1 unspecified atom stereocenters. The van der Waals surface area contributed by atoms with Crippen LogP contribution in [0.5, 0.6) is 0 Å². The molecule has 0 aliphatic carbocycles. The van der Waals surface area contributed by atoms with Crippen molar-refractivity contribution < 1.29 is 8.42 Å². The third-order valence-electron chi connectivity index (χ3n) is 2.92. The molecule has 1 aromatic heterocycles. The highest BCUT2D eigenvalue weighted by Crippen LogP contribution is 2.20. The maximum Gasteiger partial charge on any atom is 0.195 e. The van der Waals surface area contributed by atoms with E-state index < -0.39 is 9.84 Å². The molecule has 7 heteroatoms. The molecule has 5 nitrogen and oxygen atoms in total. The summed E-state index contributed by atoms with van der Waals surface area (Å²) in [7, 11) is -2.81. The third-order valence-corrected chi connectivity index (χ3v) is 5.07. The molecule has 16 heavy (non-hydrogen) atoms. The van der Waals surface area contributed by atoms with Gasteiger partial charge in [0.2, 0.25) is 0 Å². The van der Waals surface area contributed by atoms with E-state index >= 15 is 0 Å². The maximum atomic E-state index is 11.4. The second kappa shape index (κ2) is 4.29. The molecule has 0 radical (unpaired) electrons. The van der Waals surface area contributed by atoms with Gasteiger partial charge in [-0.05, 0) is 24.6 Å². The van der Waals surface area contributed by atoms with Crippen LogP contribution in [0.2, 0.25) is 0 Å². The third kappa shape index (κ3) is 2.35. The van der Waals surface area contributed by atoms with Crippen LogP contribution >= 0.6 is 12.2 Å². The van der Waals surface area contributed by atoms with Gasteiger partial charge in [-0.1, -0.05) is 6.92 Å². The van der Waals surface area contributed by atoms with Crippen molar-refractivity contribution in [1.29, 1.82) is 0 Å². The second-order valence-corrected chi connectivity index (χ2v) is 6.79. The summed E-state index contributed by atoms with van der Waals surface area (Å²) in [6, 6.07) is 0. The van der Waals surface area contributed by atoms with Crippen molar-refractivity contribution >= 4 is 22.1 Å². The molecule has 1 aliphatic rings. The lowest BCUT2D eigenvalue weighted by molar-refractivity contribution is 0.475. The largest absolute Gasteiger partial charge is 0.304 e. The smallest absolute Gasteiger partial charge is 0.195 e. The highest BCUT2D eigenvalue weighted by molar-refractivity contribution is 7.91. The zero-order valence-corrected chi connectivity index (χ0v) is 10.8. The van der Waals surface area contributed by atoms with Gasteiger partial charge in [0.05, 0.1) is 11.5 Å². The average Bonchev–Trinajstić information content (AvgIpc) is 2.72. The van der Waals surface area contributed by atoms with Gasteiger partial charge in [-0.3, -0.25) is 5.10 Å². The monoisotopic (exact) mass is 261 g/mol. The van der Waals surface area contributed by atoms with Crippen molar-refractivity contribution in [2.75, 3.05) is 11.5 Å². The van der Waals surface area contributed by atoms with Crippen LogP contribution in [-0.2, 0) is 22.8 Å². The summed E-state index contributed by atoms with van der Waals surface area (Å²) >= 11 is 5.13. The molecule has 0 amide bonds. The number of hydrogen-bond donors (Lipinski definition) is 1. The Balaban J connectivity index is 2.16. The Kier molecular flexibility index (Phi) is 3.16. The summed E-state index contributed by atoms with van der Waals surface area (Å²) in [5, 5.41) is 6.86. The van der Waals surface area contributed by atoms with E-state index in [1.165, 1.54) is 0 Å². The lowest BCUT2D eigenvalue weighted by atomic mass is 10.1. The Labute approximate surface area is 99.8 Å². The average molecular weight is 261 g/mol. The van der Waals surface area contributed by atoms with E-state index in [1.807, 2.05) is 11.5 Å². The first kappa shape index (κ1) is 11.8.